The van der Waals surface area contributed by atoms with E-state index in [0.29, 0.717) is 0 Å². The summed E-state index contributed by atoms with van der Waals surface area (Å²) in [5.41, 5.74) is 2.34. The third-order valence-corrected chi connectivity index (χ3v) is 5.21. The molecule has 0 radical (unpaired) electrons. The maximum atomic E-state index is 6.67. The van der Waals surface area contributed by atoms with E-state index in [1.807, 2.05) is 36.4 Å². The smallest absolute Gasteiger partial charge is 0.118 e. The van der Waals surface area contributed by atoms with Crippen LogP contribution in [0, 0.1) is 0 Å². The van der Waals surface area contributed by atoms with E-state index < -0.39 is 0 Å². The van der Waals surface area contributed by atoms with E-state index in [-0.39, 0.29) is 5.50 Å². The number of ether oxygens (including phenoxy) is 2. The van der Waals surface area contributed by atoms with Gasteiger partial charge in [0.15, 0.2) is 0 Å². The fourth-order valence-corrected chi connectivity index (χ4v) is 3.45. The fraction of sp³-hybridized carbons (Fsp3) is 0.400. The zero-order valence-electron chi connectivity index (χ0n) is 14.8. The van der Waals surface area contributed by atoms with Crippen molar-refractivity contribution in [1.82, 2.24) is 9.80 Å². The molecule has 0 aliphatic carbocycles. The van der Waals surface area contributed by atoms with Crippen LogP contribution in [0.5, 0.6) is 11.5 Å². The van der Waals surface area contributed by atoms with E-state index in [0.717, 1.165) is 49.8 Å². The van der Waals surface area contributed by atoms with Gasteiger partial charge in [0.2, 0.25) is 0 Å². The van der Waals surface area contributed by atoms with Crippen LogP contribution in [0.1, 0.15) is 16.6 Å². The largest absolute Gasteiger partial charge is 0.497 e. The van der Waals surface area contributed by atoms with Gasteiger partial charge in [-0.2, -0.15) is 0 Å². The van der Waals surface area contributed by atoms with Crippen LogP contribution in [0.3, 0.4) is 0 Å². The minimum Gasteiger partial charge on any atom is -0.497 e. The topological polar surface area (TPSA) is 24.9 Å². The van der Waals surface area contributed by atoms with Gasteiger partial charge in [0.25, 0.3) is 0 Å². The summed E-state index contributed by atoms with van der Waals surface area (Å²) in [5.74, 6) is 1.76. The molecule has 1 unspecified atom stereocenters. The van der Waals surface area contributed by atoms with Crippen LogP contribution in [-0.4, -0.2) is 50.2 Å². The van der Waals surface area contributed by atoms with Gasteiger partial charge in [0.1, 0.15) is 17.0 Å². The highest BCUT2D eigenvalue weighted by molar-refractivity contribution is 6.20. The molecule has 0 bridgehead atoms. The monoisotopic (exact) mass is 360 g/mol. The van der Waals surface area contributed by atoms with Gasteiger partial charge >= 0.3 is 0 Å². The van der Waals surface area contributed by atoms with Crippen molar-refractivity contribution in [2.45, 2.75) is 12.0 Å². The molecule has 0 saturated carbocycles. The lowest BCUT2D eigenvalue weighted by molar-refractivity contribution is 0.117. The van der Waals surface area contributed by atoms with Gasteiger partial charge < -0.3 is 9.47 Å². The summed E-state index contributed by atoms with van der Waals surface area (Å²) in [5, 5.41) is 0. The van der Waals surface area contributed by atoms with Crippen molar-refractivity contribution >= 4 is 11.6 Å². The van der Waals surface area contributed by atoms with E-state index in [1.54, 1.807) is 14.2 Å². The number of rotatable bonds is 6. The quantitative estimate of drug-likeness (QED) is 0.578. The van der Waals surface area contributed by atoms with Gasteiger partial charge in [-0.3, -0.25) is 9.80 Å². The van der Waals surface area contributed by atoms with Gasteiger partial charge in [0.05, 0.1) is 14.2 Å². The zero-order valence-corrected chi connectivity index (χ0v) is 15.6. The number of piperazine rings is 1. The van der Waals surface area contributed by atoms with Crippen LogP contribution in [-0.2, 0) is 6.54 Å². The molecule has 1 fully saturated rings. The SMILES string of the molecule is COc1ccc(CN2CCN(C(Cl)c3ccc(OC)cc3)CC2)cc1. The van der Waals surface area contributed by atoms with Crippen molar-refractivity contribution in [3.63, 3.8) is 0 Å². The molecule has 0 aromatic heterocycles. The Morgan fingerprint density at radius 1 is 0.840 bits per heavy atom. The Labute approximate surface area is 154 Å². The van der Waals surface area contributed by atoms with Crippen molar-refractivity contribution in [1.29, 1.82) is 0 Å². The number of methoxy groups -OCH3 is 2. The van der Waals surface area contributed by atoms with Crippen molar-refractivity contribution in [3.8, 4) is 11.5 Å². The number of benzene rings is 2. The number of nitrogens with zero attached hydrogens (tertiary/aromatic N) is 2. The van der Waals surface area contributed by atoms with Gasteiger partial charge in [-0.25, -0.2) is 0 Å². The van der Waals surface area contributed by atoms with E-state index in [1.165, 1.54) is 5.56 Å². The molecular weight excluding hydrogens is 336 g/mol. The van der Waals surface area contributed by atoms with Crippen LogP contribution in [0.25, 0.3) is 0 Å². The van der Waals surface area contributed by atoms with Crippen molar-refractivity contribution in [3.05, 3.63) is 59.7 Å². The maximum absolute atomic E-state index is 6.67. The summed E-state index contributed by atoms with van der Waals surface area (Å²) in [4.78, 5) is 4.80. The summed E-state index contributed by atoms with van der Waals surface area (Å²) in [6.45, 7) is 4.94. The first-order chi connectivity index (χ1) is 12.2. The van der Waals surface area contributed by atoms with Gasteiger partial charge in [-0.05, 0) is 35.4 Å². The maximum Gasteiger partial charge on any atom is 0.118 e. The minimum absolute atomic E-state index is 0.0888. The lowest BCUT2D eigenvalue weighted by atomic mass is 10.1. The van der Waals surface area contributed by atoms with E-state index in [4.69, 9.17) is 21.1 Å². The van der Waals surface area contributed by atoms with Crippen molar-refractivity contribution in [2.24, 2.45) is 0 Å². The first kappa shape index (κ1) is 18.1. The normalized spacial score (nSPS) is 17.2. The van der Waals surface area contributed by atoms with Crippen LogP contribution >= 0.6 is 11.6 Å². The minimum atomic E-state index is -0.0888. The van der Waals surface area contributed by atoms with Crippen LogP contribution in [0.2, 0.25) is 0 Å². The Balaban J connectivity index is 1.51. The fourth-order valence-electron chi connectivity index (χ4n) is 3.11. The predicted octanol–water partition coefficient (Wildman–Crippen LogP) is 3.76. The average molecular weight is 361 g/mol. The summed E-state index contributed by atoms with van der Waals surface area (Å²) in [6, 6.07) is 16.3. The molecule has 1 saturated heterocycles. The second kappa shape index (κ2) is 8.56. The second-order valence-electron chi connectivity index (χ2n) is 6.27. The van der Waals surface area contributed by atoms with Crippen molar-refractivity contribution in [2.75, 3.05) is 40.4 Å². The lowest BCUT2D eigenvalue weighted by Gasteiger charge is -2.37. The number of alkyl halides is 1. The molecule has 2 aromatic carbocycles. The molecule has 25 heavy (non-hydrogen) atoms. The molecule has 1 heterocycles. The van der Waals surface area contributed by atoms with Gasteiger partial charge in [-0.1, -0.05) is 24.3 Å². The van der Waals surface area contributed by atoms with E-state index in [9.17, 15) is 0 Å². The molecule has 3 rings (SSSR count). The Kier molecular flexibility index (Phi) is 6.19. The Morgan fingerprint density at radius 3 is 1.88 bits per heavy atom. The highest BCUT2D eigenvalue weighted by Crippen LogP contribution is 2.28. The third-order valence-electron chi connectivity index (χ3n) is 4.68. The average Bonchev–Trinajstić information content (AvgIpc) is 2.69. The molecule has 0 spiro atoms. The molecule has 2 aromatic rings. The van der Waals surface area contributed by atoms with Crippen LogP contribution in [0.15, 0.2) is 48.5 Å². The molecule has 1 atom stereocenters. The number of hydrogen-bond donors (Lipinski definition) is 0. The molecule has 5 heteroatoms. The highest BCUT2D eigenvalue weighted by atomic mass is 35.5. The van der Waals surface area contributed by atoms with Crippen LogP contribution in [0.4, 0.5) is 0 Å². The van der Waals surface area contributed by atoms with Gasteiger partial charge in [0, 0.05) is 32.7 Å². The summed E-state index contributed by atoms with van der Waals surface area (Å²) in [7, 11) is 3.37. The summed E-state index contributed by atoms with van der Waals surface area (Å²) in [6.07, 6.45) is 0. The lowest BCUT2D eigenvalue weighted by Crippen LogP contribution is -2.46. The highest BCUT2D eigenvalue weighted by Gasteiger charge is 2.23. The Hall–Kier alpha value is -1.75. The van der Waals surface area contributed by atoms with E-state index in [2.05, 4.69) is 21.9 Å². The van der Waals surface area contributed by atoms with Crippen molar-refractivity contribution < 1.29 is 9.47 Å². The predicted molar refractivity (Wildman–Crippen MR) is 101 cm³/mol. The van der Waals surface area contributed by atoms with Gasteiger partial charge in [-0.15, -0.1) is 11.6 Å². The first-order valence-corrected chi connectivity index (χ1v) is 9.00. The molecule has 1 aliphatic heterocycles. The molecular formula is C20H25ClN2O2. The Morgan fingerprint density at radius 2 is 1.36 bits per heavy atom. The molecule has 1 aliphatic rings. The summed E-state index contributed by atoms with van der Waals surface area (Å²) >= 11 is 6.67. The standard InChI is InChI=1S/C20H25ClN2O2/c1-24-18-7-3-16(4-8-18)15-22-11-13-23(14-12-22)20(21)17-5-9-19(25-2)10-6-17/h3-10,20H,11-15H2,1-2H3. The Bertz CT molecular complexity index is 652. The van der Waals surface area contributed by atoms with E-state index >= 15 is 0 Å². The number of hydrogen-bond acceptors (Lipinski definition) is 4. The summed E-state index contributed by atoms with van der Waals surface area (Å²) < 4.78 is 10.4. The third kappa shape index (κ3) is 4.66. The molecule has 4 nitrogen and oxygen atoms in total. The molecule has 0 amide bonds. The van der Waals surface area contributed by atoms with Crippen LogP contribution < -0.4 is 9.47 Å². The number of halogens is 1. The molecule has 0 N–H and O–H groups in total. The second-order valence-corrected chi connectivity index (χ2v) is 6.68. The molecule has 134 valence electrons. The zero-order chi connectivity index (χ0) is 17.6. The first-order valence-electron chi connectivity index (χ1n) is 8.57.